The topological polar surface area (TPSA) is 0 Å². The fourth-order valence-electron chi connectivity index (χ4n) is 0.697. The normalized spacial score (nSPS) is 13.3. The van der Waals surface area contributed by atoms with Crippen LogP contribution in [-0.4, -0.2) is 5.33 Å². The Morgan fingerprint density at radius 1 is 1.18 bits per heavy atom. The largest absolute Gasteiger partial charge is 0.0985 e. The lowest BCUT2D eigenvalue weighted by molar-refractivity contribution is 0.179. The molecule has 0 amide bonds. The van der Waals surface area contributed by atoms with E-state index in [2.05, 4.69) is 57.1 Å². The SMILES string of the molecule is C=C(CBr)C(C)(C)C(C)(C)C. The predicted molar refractivity (Wildman–Crippen MR) is 56.2 cm³/mol. The van der Waals surface area contributed by atoms with Gasteiger partial charge < -0.3 is 0 Å². The van der Waals surface area contributed by atoms with E-state index in [9.17, 15) is 0 Å². The molecule has 0 nitrogen and oxygen atoms in total. The van der Waals surface area contributed by atoms with Crippen LogP contribution in [-0.2, 0) is 0 Å². The van der Waals surface area contributed by atoms with Crippen molar-refractivity contribution in [1.82, 2.24) is 0 Å². The van der Waals surface area contributed by atoms with Crippen LogP contribution in [0.2, 0.25) is 0 Å². The highest BCUT2D eigenvalue weighted by Gasteiger charge is 2.34. The van der Waals surface area contributed by atoms with Gasteiger partial charge in [0.2, 0.25) is 0 Å². The van der Waals surface area contributed by atoms with Gasteiger partial charge in [-0.2, -0.15) is 0 Å². The van der Waals surface area contributed by atoms with E-state index in [-0.39, 0.29) is 10.8 Å². The van der Waals surface area contributed by atoms with Crippen molar-refractivity contribution in [1.29, 1.82) is 0 Å². The van der Waals surface area contributed by atoms with Crippen LogP contribution in [0.15, 0.2) is 12.2 Å². The van der Waals surface area contributed by atoms with Gasteiger partial charge in [-0.05, 0) is 10.8 Å². The van der Waals surface area contributed by atoms with E-state index in [4.69, 9.17) is 0 Å². The van der Waals surface area contributed by atoms with E-state index in [1.807, 2.05) is 0 Å². The van der Waals surface area contributed by atoms with E-state index in [0.717, 1.165) is 5.33 Å². The van der Waals surface area contributed by atoms with Crippen molar-refractivity contribution in [2.75, 3.05) is 5.33 Å². The quantitative estimate of drug-likeness (QED) is 0.486. The van der Waals surface area contributed by atoms with Crippen molar-refractivity contribution in [3.8, 4) is 0 Å². The number of rotatable bonds is 2. The summed E-state index contributed by atoms with van der Waals surface area (Å²) in [7, 11) is 0. The van der Waals surface area contributed by atoms with Crippen molar-refractivity contribution in [2.24, 2.45) is 10.8 Å². The van der Waals surface area contributed by atoms with Gasteiger partial charge in [0.15, 0.2) is 0 Å². The molecule has 0 aromatic heterocycles. The minimum atomic E-state index is 0.205. The molecular weight excluding hydrogens is 200 g/mol. The molecule has 0 aromatic rings. The molecule has 0 rings (SSSR count). The lowest BCUT2D eigenvalue weighted by Gasteiger charge is -2.40. The summed E-state index contributed by atoms with van der Waals surface area (Å²) in [5.41, 5.74) is 1.76. The first-order chi connectivity index (χ1) is 4.73. The Kier molecular flexibility index (Phi) is 3.37. The summed E-state index contributed by atoms with van der Waals surface area (Å²) >= 11 is 3.44. The molecule has 0 unspecified atom stereocenters. The first-order valence-electron chi connectivity index (χ1n) is 3.97. The molecule has 0 N–H and O–H groups in total. The van der Waals surface area contributed by atoms with Gasteiger partial charge in [0.1, 0.15) is 0 Å². The fourth-order valence-corrected chi connectivity index (χ4v) is 1.40. The Labute approximate surface area is 79.2 Å². The Morgan fingerprint density at radius 3 is 1.64 bits per heavy atom. The Hall–Kier alpha value is 0.220. The van der Waals surface area contributed by atoms with Gasteiger partial charge in [0.05, 0.1) is 0 Å². The molecular formula is C10H19Br. The van der Waals surface area contributed by atoms with Gasteiger partial charge in [-0.1, -0.05) is 62.7 Å². The average Bonchev–Trinajstić information content (AvgIpc) is 1.83. The molecule has 0 heterocycles. The van der Waals surface area contributed by atoms with Gasteiger partial charge in [0.25, 0.3) is 0 Å². The molecule has 0 saturated carbocycles. The molecule has 0 aromatic carbocycles. The minimum Gasteiger partial charge on any atom is -0.0985 e. The molecule has 11 heavy (non-hydrogen) atoms. The van der Waals surface area contributed by atoms with Gasteiger partial charge >= 0.3 is 0 Å². The molecule has 1 heteroatoms. The average molecular weight is 219 g/mol. The van der Waals surface area contributed by atoms with Crippen molar-refractivity contribution in [3.63, 3.8) is 0 Å². The molecule has 0 saturated heterocycles. The standard InChI is InChI=1S/C10H19Br/c1-8(7-11)10(5,6)9(2,3)4/h1,7H2,2-6H3. The molecule has 0 radical (unpaired) electrons. The summed E-state index contributed by atoms with van der Waals surface area (Å²) in [5.74, 6) is 0. The summed E-state index contributed by atoms with van der Waals surface area (Å²) in [4.78, 5) is 0. The van der Waals surface area contributed by atoms with E-state index in [1.165, 1.54) is 5.57 Å². The maximum atomic E-state index is 4.06. The first-order valence-corrected chi connectivity index (χ1v) is 5.10. The third-order valence-electron chi connectivity index (χ3n) is 2.92. The molecule has 0 atom stereocenters. The number of alkyl halides is 1. The second-order valence-electron chi connectivity index (χ2n) is 4.61. The molecule has 0 aliphatic heterocycles. The highest BCUT2D eigenvalue weighted by Crippen LogP contribution is 2.43. The second kappa shape index (κ2) is 3.30. The molecule has 0 spiro atoms. The summed E-state index contributed by atoms with van der Waals surface area (Å²) in [6.07, 6.45) is 0. The van der Waals surface area contributed by atoms with Crippen LogP contribution in [0, 0.1) is 10.8 Å². The summed E-state index contributed by atoms with van der Waals surface area (Å²) in [6, 6.07) is 0. The van der Waals surface area contributed by atoms with Crippen molar-refractivity contribution >= 4 is 15.9 Å². The maximum Gasteiger partial charge on any atom is 0.0244 e. The van der Waals surface area contributed by atoms with Gasteiger partial charge in [-0.15, -0.1) is 0 Å². The minimum absolute atomic E-state index is 0.205. The van der Waals surface area contributed by atoms with Crippen LogP contribution in [0.4, 0.5) is 0 Å². The summed E-state index contributed by atoms with van der Waals surface area (Å²) in [5, 5.41) is 0.900. The Balaban J connectivity index is 4.59. The zero-order chi connectivity index (χ0) is 9.28. The molecule has 0 aliphatic carbocycles. The van der Waals surface area contributed by atoms with Gasteiger partial charge in [0, 0.05) is 5.33 Å². The van der Waals surface area contributed by atoms with Crippen molar-refractivity contribution in [3.05, 3.63) is 12.2 Å². The first kappa shape index (κ1) is 11.2. The summed E-state index contributed by atoms with van der Waals surface area (Å²) in [6.45, 7) is 15.3. The fraction of sp³-hybridized carbons (Fsp3) is 0.800. The molecule has 0 bridgehead atoms. The monoisotopic (exact) mass is 218 g/mol. The van der Waals surface area contributed by atoms with Crippen LogP contribution >= 0.6 is 15.9 Å². The molecule has 0 aliphatic rings. The number of hydrogen-bond donors (Lipinski definition) is 0. The Morgan fingerprint density at radius 2 is 1.55 bits per heavy atom. The van der Waals surface area contributed by atoms with Gasteiger partial charge in [-0.25, -0.2) is 0 Å². The molecule has 0 fully saturated rings. The van der Waals surface area contributed by atoms with E-state index in [1.54, 1.807) is 0 Å². The summed E-state index contributed by atoms with van der Waals surface area (Å²) < 4.78 is 0. The zero-order valence-corrected chi connectivity index (χ0v) is 9.88. The third kappa shape index (κ3) is 2.33. The third-order valence-corrected chi connectivity index (χ3v) is 3.60. The lowest BCUT2D eigenvalue weighted by Crippen LogP contribution is -2.31. The predicted octanol–water partition coefficient (Wildman–Crippen LogP) is 4.01. The number of halogens is 1. The highest BCUT2D eigenvalue weighted by atomic mass is 79.9. The number of hydrogen-bond acceptors (Lipinski definition) is 0. The second-order valence-corrected chi connectivity index (χ2v) is 5.17. The maximum absolute atomic E-state index is 4.06. The van der Waals surface area contributed by atoms with Crippen LogP contribution in [0.25, 0.3) is 0 Å². The van der Waals surface area contributed by atoms with Crippen LogP contribution in [0.1, 0.15) is 34.6 Å². The number of allylic oxidation sites excluding steroid dienone is 1. The van der Waals surface area contributed by atoms with Crippen LogP contribution in [0.3, 0.4) is 0 Å². The zero-order valence-electron chi connectivity index (χ0n) is 8.29. The van der Waals surface area contributed by atoms with E-state index < -0.39 is 0 Å². The smallest absolute Gasteiger partial charge is 0.0244 e. The Bertz CT molecular complexity index is 149. The van der Waals surface area contributed by atoms with Crippen molar-refractivity contribution < 1.29 is 0 Å². The molecule has 66 valence electrons. The van der Waals surface area contributed by atoms with Crippen LogP contribution < -0.4 is 0 Å². The van der Waals surface area contributed by atoms with Crippen LogP contribution in [0.5, 0.6) is 0 Å². The van der Waals surface area contributed by atoms with Crippen molar-refractivity contribution in [2.45, 2.75) is 34.6 Å². The lowest BCUT2D eigenvalue weighted by atomic mass is 9.66. The van der Waals surface area contributed by atoms with E-state index in [0.29, 0.717) is 0 Å². The van der Waals surface area contributed by atoms with Gasteiger partial charge in [-0.3, -0.25) is 0 Å². The highest BCUT2D eigenvalue weighted by molar-refractivity contribution is 9.09. The van der Waals surface area contributed by atoms with E-state index >= 15 is 0 Å².